The van der Waals surface area contributed by atoms with Gasteiger partial charge in [-0.05, 0) is 30.2 Å². The Bertz CT molecular complexity index is 871. The number of methoxy groups -OCH3 is 1. The number of hydrogen-bond acceptors (Lipinski definition) is 7. The zero-order chi connectivity index (χ0) is 18.2. The van der Waals surface area contributed by atoms with E-state index in [2.05, 4.69) is 37.9 Å². The highest BCUT2D eigenvalue weighted by Gasteiger charge is 2.07. The van der Waals surface area contributed by atoms with Crippen molar-refractivity contribution in [2.45, 2.75) is 6.42 Å². The smallest absolute Gasteiger partial charge is 0.337 e. The third-order valence-corrected chi connectivity index (χ3v) is 3.65. The summed E-state index contributed by atoms with van der Waals surface area (Å²) in [5.41, 5.74) is 2.41. The van der Waals surface area contributed by atoms with Gasteiger partial charge in [-0.1, -0.05) is 36.4 Å². The summed E-state index contributed by atoms with van der Waals surface area (Å²) in [6.45, 7) is 0.701. The average molecular weight is 349 g/mol. The number of nitrogens with zero attached hydrogens (tertiary/aromatic N) is 3. The van der Waals surface area contributed by atoms with Crippen molar-refractivity contribution < 1.29 is 9.53 Å². The van der Waals surface area contributed by atoms with Crippen LogP contribution in [0.3, 0.4) is 0 Å². The van der Waals surface area contributed by atoms with Gasteiger partial charge in [-0.3, -0.25) is 0 Å². The van der Waals surface area contributed by atoms with E-state index in [1.165, 1.54) is 18.9 Å². The maximum atomic E-state index is 11.6. The first-order valence-electron chi connectivity index (χ1n) is 8.17. The van der Waals surface area contributed by atoms with Crippen LogP contribution >= 0.6 is 0 Å². The molecule has 0 saturated heterocycles. The molecule has 0 atom stereocenters. The highest BCUT2D eigenvalue weighted by Crippen LogP contribution is 2.16. The third-order valence-electron chi connectivity index (χ3n) is 3.65. The Morgan fingerprint density at radius 1 is 1.12 bits per heavy atom. The van der Waals surface area contributed by atoms with Crippen molar-refractivity contribution in [3.8, 4) is 0 Å². The number of benzene rings is 2. The van der Waals surface area contributed by atoms with Crippen LogP contribution in [-0.2, 0) is 11.2 Å². The average Bonchev–Trinajstić information content (AvgIpc) is 2.69. The standard InChI is InChI=1S/C19H19N5O2/c1-26-18(25)15-8-5-9-16(12-15)22-17-13-21-24-19(23-17)20-11-10-14-6-3-2-4-7-14/h2-9,12-13H,10-11H2,1H3,(H2,20,22,23,24). The molecule has 0 aliphatic rings. The minimum Gasteiger partial charge on any atom is -0.465 e. The number of carbonyl (C=O) groups is 1. The molecule has 7 heteroatoms. The zero-order valence-corrected chi connectivity index (χ0v) is 14.3. The molecule has 26 heavy (non-hydrogen) atoms. The molecule has 3 rings (SSSR count). The molecule has 3 aromatic rings. The number of carbonyl (C=O) groups excluding carboxylic acids is 1. The molecule has 1 aromatic heterocycles. The Labute approximate surface area is 151 Å². The molecule has 2 N–H and O–H groups in total. The number of esters is 1. The van der Waals surface area contributed by atoms with Crippen molar-refractivity contribution in [3.63, 3.8) is 0 Å². The number of aromatic nitrogens is 3. The fourth-order valence-corrected chi connectivity index (χ4v) is 2.39. The van der Waals surface area contributed by atoms with Crippen molar-refractivity contribution in [3.05, 3.63) is 71.9 Å². The van der Waals surface area contributed by atoms with Gasteiger partial charge in [-0.15, -0.1) is 5.10 Å². The van der Waals surface area contributed by atoms with E-state index in [9.17, 15) is 4.79 Å². The van der Waals surface area contributed by atoms with Crippen molar-refractivity contribution >= 4 is 23.4 Å². The number of ether oxygens (including phenoxy) is 1. The zero-order valence-electron chi connectivity index (χ0n) is 14.3. The molecular weight excluding hydrogens is 330 g/mol. The molecule has 0 aliphatic heterocycles. The number of anilines is 3. The minimum atomic E-state index is -0.391. The summed E-state index contributed by atoms with van der Waals surface area (Å²) in [5, 5.41) is 14.2. The van der Waals surface area contributed by atoms with Crippen LogP contribution in [0.1, 0.15) is 15.9 Å². The molecule has 7 nitrogen and oxygen atoms in total. The first-order chi connectivity index (χ1) is 12.7. The first-order valence-corrected chi connectivity index (χ1v) is 8.17. The Kier molecular flexibility index (Phi) is 5.72. The van der Waals surface area contributed by atoms with E-state index in [4.69, 9.17) is 4.74 Å². The van der Waals surface area contributed by atoms with Gasteiger partial charge >= 0.3 is 5.97 Å². The van der Waals surface area contributed by atoms with E-state index in [0.29, 0.717) is 29.6 Å². The van der Waals surface area contributed by atoms with E-state index in [1.54, 1.807) is 18.2 Å². The summed E-state index contributed by atoms with van der Waals surface area (Å²) < 4.78 is 4.73. The van der Waals surface area contributed by atoms with E-state index >= 15 is 0 Å². The lowest BCUT2D eigenvalue weighted by Gasteiger charge is -2.08. The number of hydrogen-bond donors (Lipinski definition) is 2. The predicted molar refractivity (Wildman–Crippen MR) is 99.5 cm³/mol. The van der Waals surface area contributed by atoms with Crippen LogP contribution in [0.15, 0.2) is 60.8 Å². The van der Waals surface area contributed by atoms with Gasteiger partial charge in [0.2, 0.25) is 5.95 Å². The van der Waals surface area contributed by atoms with Crippen LogP contribution in [-0.4, -0.2) is 34.8 Å². The molecule has 0 radical (unpaired) electrons. The van der Waals surface area contributed by atoms with Crippen molar-refractivity contribution in [2.75, 3.05) is 24.3 Å². The van der Waals surface area contributed by atoms with Crippen molar-refractivity contribution in [1.29, 1.82) is 0 Å². The van der Waals surface area contributed by atoms with Crippen LogP contribution in [0.25, 0.3) is 0 Å². The third kappa shape index (κ3) is 4.76. The number of nitrogens with one attached hydrogen (secondary N) is 2. The first kappa shape index (κ1) is 17.3. The second-order valence-electron chi connectivity index (χ2n) is 5.52. The van der Waals surface area contributed by atoms with Crippen LogP contribution < -0.4 is 10.6 Å². The fraction of sp³-hybridized carbons (Fsp3) is 0.158. The quantitative estimate of drug-likeness (QED) is 0.634. The molecule has 2 aromatic carbocycles. The van der Waals surface area contributed by atoms with Gasteiger partial charge in [-0.25, -0.2) is 4.79 Å². The highest BCUT2D eigenvalue weighted by molar-refractivity contribution is 5.90. The minimum absolute atomic E-state index is 0.391. The van der Waals surface area contributed by atoms with Gasteiger partial charge in [0.05, 0.1) is 18.9 Å². The Morgan fingerprint density at radius 2 is 1.96 bits per heavy atom. The van der Waals surface area contributed by atoms with Crippen LogP contribution in [0.4, 0.5) is 17.5 Å². The van der Waals surface area contributed by atoms with Gasteiger partial charge in [0.1, 0.15) is 0 Å². The van der Waals surface area contributed by atoms with Crippen LogP contribution in [0.2, 0.25) is 0 Å². The summed E-state index contributed by atoms with van der Waals surface area (Å²) in [6.07, 6.45) is 2.39. The largest absolute Gasteiger partial charge is 0.465 e. The molecular formula is C19H19N5O2. The molecule has 0 saturated carbocycles. The molecule has 0 spiro atoms. The Hall–Kier alpha value is -3.48. The topological polar surface area (TPSA) is 89.0 Å². The van der Waals surface area contributed by atoms with Crippen LogP contribution in [0, 0.1) is 0 Å². The maximum absolute atomic E-state index is 11.6. The van der Waals surface area contributed by atoms with E-state index in [1.807, 2.05) is 24.3 Å². The summed E-state index contributed by atoms with van der Waals surface area (Å²) >= 11 is 0. The molecule has 0 bridgehead atoms. The molecule has 132 valence electrons. The molecule has 1 heterocycles. The SMILES string of the molecule is COC(=O)c1cccc(Nc2cnnc(NCCc3ccccc3)n2)c1. The van der Waals surface area contributed by atoms with Gasteiger partial charge < -0.3 is 15.4 Å². The van der Waals surface area contributed by atoms with Gasteiger partial charge in [0.25, 0.3) is 0 Å². The van der Waals surface area contributed by atoms with Gasteiger partial charge in [0, 0.05) is 12.2 Å². The normalized spacial score (nSPS) is 10.2. The van der Waals surface area contributed by atoms with Crippen LogP contribution in [0.5, 0.6) is 0 Å². The molecule has 0 aliphatic carbocycles. The molecule has 0 fully saturated rings. The van der Waals surface area contributed by atoms with Gasteiger partial charge in [-0.2, -0.15) is 10.1 Å². The monoisotopic (exact) mass is 349 g/mol. The Morgan fingerprint density at radius 3 is 2.77 bits per heavy atom. The van der Waals surface area contributed by atoms with Crippen molar-refractivity contribution in [1.82, 2.24) is 15.2 Å². The van der Waals surface area contributed by atoms with E-state index < -0.39 is 5.97 Å². The van der Waals surface area contributed by atoms with E-state index in [0.717, 1.165) is 6.42 Å². The fourth-order valence-electron chi connectivity index (χ4n) is 2.39. The lowest BCUT2D eigenvalue weighted by molar-refractivity contribution is 0.0601. The second kappa shape index (κ2) is 8.57. The summed E-state index contributed by atoms with van der Waals surface area (Å²) in [7, 11) is 1.35. The summed E-state index contributed by atoms with van der Waals surface area (Å²) in [4.78, 5) is 16.0. The Balaban J connectivity index is 1.61. The summed E-state index contributed by atoms with van der Waals surface area (Å²) in [5.74, 6) is 0.581. The lowest BCUT2D eigenvalue weighted by Crippen LogP contribution is -2.09. The van der Waals surface area contributed by atoms with Crippen molar-refractivity contribution in [2.24, 2.45) is 0 Å². The summed E-state index contributed by atoms with van der Waals surface area (Å²) in [6, 6.07) is 17.1. The highest BCUT2D eigenvalue weighted by atomic mass is 16.5. The predicted octanol–water partition coefficient (Wildman–Crippen LogP) is 3.06. The number of rotatable bonds is 7. The maximum Gasteiger partial charge on any atom is 0.337 e. The second-order valence-corrected chi connectivity index (χ2v) is 5.52. The van der Waals surface area contributed by atoms with Gasteiger partial charge in [0.15, 0.2) is 5.82 Å². The lowest BCUT2D eigenvalue weighted by atomic mass is 10.1. The molecule has 0 amide bonds. The molecule has 0 unspecified atom stereocenters. The van der Waals surface area contributed by atoms with E-state index in [-0.39, 0.29) is 0 Å².